The largest absolute Gasteiger partial charge is 0.316 e. The molecule has 0 aromatic heterocycles. The molecule has 114 valence electrons. The van der Waals surface area contributed by atoms with Crippen LogP contribution in [-0.2, 0) is 0 Å². The molecule has 0 radical (unpaired) electrons. The molecule has 1 N–H and O–H groups in total. The SMILES string of the molecule is CNC(CCN(C)CCC(C)C)CSc1ccccc1. The zero-order valence-electron chi connectivity index (χ0n) is 13.4. The van der Waals surface area contributed by atoms with Crippen LogP contribution in [-0.4, -0.2) is 43.9 Å². The van der Waals surface area contributed by atoms with Crippen molar-refractivity contribution < 1.29 is 0 Å². The number of nitrogens with one attached hydrogen (secondary N) is 1. The van der Waals surface area contributed by atoms with Crippen molar-refractivity contribution in [1.82, 2.24) is 10.2 Å². The van der Waals surface area contributed by atoms with Crippen molar-refractivity contribution in [2.45, 2.75) is 37.6 Å². The molecule has 2 nitrogen and oxygen atoms in total. The lowest BCUT2D eigenvalue weighted by Crippen LogP contribution is -2.33. The Bertz CT molecular complexity index is 340. The summed E-state index contributed by atoms with van der Waals surface area (Å²) in [4.78, 5) is 3.82. The minimum atomic E-state index is 0.585. The molecule has 0 spiro atoms. The molecule has 0 saturated carbocycles. The molecule has 1 aromatic carbocycles. The molecule has 0 bridgehead atoms. The number of thioether (sulfide) groups is 1. The van der Waals surface area contributed by atoms with Gasteiger partial charge in [0, 0.05) is 16.7 Å². The third-order valence-electron chi connectivity index (χ3n) is 3.55. The van der Waals surface area contributed by atoms with E-state index in [1.807, 2.05) is 11.8 Å². The Morgan fingerprint density at radius 3 is 2.35 bits per heavy atom. The van der Waals surface area contributed by atoms with Gasteiger partial charge in [-0.1, -0.05) is 32.0 Å². The Labute approximate surface area is 129 Å². The Kier molecular flexibility index (Phi) is 8.99. The van der Waals surface area contributed by atoms with Crippen molar-refractivity contribution in [2.24, 2.45) is 5.92 Å². The van der Waals surface area contributed by atoms with E-state index in [4.69, 9.17) is 0 Å². The summed E-state index contributed by atoms with van der Waals surface area (Å²) >= 11 is 1.94. The number of hydrogen-bond acceptors (Lipinski definition) is 3. The average Bonchev–Trinajstić information content (AvgIpc) is 2.46. The van der Waals surface area contributed by atoms with E-state index in [0.717, 1.165) is 11.7 Å². The first kappa shape index (κ1) is 17.5. The second-order valence-corrected chi connectivity index (χ2v) is 6.98. The van der Waals surface area contributed by atoms with Crippen LogP contribution in [0.2, 0.25) is 0 Å². The van der Waals surface area contributed by atoms with Crippen LogP contribution in [0.3, 0.4) is 0 Å². The minimum Gasteiger partial charge on any atom is -0.316 e. The van der Waals surface area contributed by atoms with E-state index >= 15 is 0 Å². The van der Waals surface area contributed by atoms with Crippen LogP contribution in [0.15, 0.2) is 35.2 Å². The van der Waals surface area contributed by atoms with Crippen LogP contribution in [0.4, 0.5) is 0 Å². The zero-order chi connectivity index (χ0) is 14.8. The Morgan fingerprint density at radius 1 is 1.10 bits per heavy atom. The van der Waals surface area contributed by atoms with Gasteiger partial charge in [0.2, 0.25) is 0 Å². The smallest absolute Gasteiger partial charge is 0.0170 e. The summed E-state index contributed by atoms with van der Waals surface area (Å²) in [6.45, 7) is 6.97. The predicted molar refractivity (Wildman–Crippen MR) is 91.6 cm³/mol. The van der Waals surface area contributed by atoms with Crippen LogP contribution in [0.5, 0.6) is 0 Å². The highest BCUT2D eigenvalue weighted by molar-refractivity contribution is 7.99. The lowest BCUT2D eigenvalue weighted by molar-refractivity contribution is 0.295. The van der Waals surface area contributed by atoms with Gasteiger partial charge in [-0.15, -0.1) is 11.8 Å². The van der Waals surface area contributed by atoms with Crippen LogP contribution < -0.4 is 5.32 Å². The van der Waals surface area contributed by atoms with Gasteiger partial charge in [0.25, 0.3) is 0 Å². The molecule has 0 saturated heterocycles. The molecule has 0 aliphatic carbocycles. The minimum absolute atomic E-state index is 0.585. The van der Waals surface area contributed by atoms with E-state index in [9.17, 15) is 0 Å². The second kappa shape index (κ2) is 10.3. The highest BCUT2D eigenvalue weighted by Gasteiger charge is 2.09. The summed E-state index contributed by atoms with van der Waals surface area (Å²) in [5.74, 6) is 1.93. The molecule has 1 aromatic rings. The molecule has 3 heteroatoms. The molecular weight excluding hydrogens is 264 g/mol. The maximum atomic E-state index is 3.45. The van der Waals surface area contributed by atoms with Gasteiger partial charge in [-0.3, -0.25) is 0 Å². The van der Waals surface area contributed by atoms with E-state index < -0.39 is 0 Å². The molecule has 1 atom stereocenters. The number of rotatable bonds is 10. The Balaban J connectivity index is 2.22. The molecule has 0 amide bonds. The standard InChI is InChI=1S/C17H30N2S/c1-15(2)10-12-19(4)13-11-16(18-3)14-20-17-8-6-5-7-9-17/h5-9,15-16,18H,10-14H2,1-4H3. The maximum absolute atomic E-state index is 3.45. The molecule has 0 aliphatic rings. The van der Waals surface area contributed by atoms with Gasteiger partial charge < -0.3 is 10.2 Å². The number of hydrogen-bond donors (Lipinski definition) is 1. The fraction of sp³-hybridized carbons (Fsp3) is 0.647. The van der Waals surface area contributed by atoms with E-state index in [1.54, 1.807) is 0 Å². The molecule has 0 fully saturated rings. The van der Waals surface area contributed by atoms with E-state index in [-0.39, 0.29) is 0 Å². The summed E-state index contributed by atoms with van der Waals surface area (Å²) < 4.78 is 0. The van der Waals surface area contributed by atoms with Gasteiger partial charge in [0.05, 0.1) is 0 Å². The molecule has 0 aliphatic heterocycles. The fourth-order valence-corrected chi connectivity index (χ4v) is 3.07. The number of nitrogens with zero attached hydrogens (tertiary/aromatic N) is 1. The average molecular weight is 295 g/mol. The lowest BCUT2D eigenvalue weighted by Gasteiger charge is -2.22. The van der Waals surface area contributed by atoms with Crippen molar-refractivity contribution in [3.05, 3.63) is 30.3 Å². The summed E-state index contributed by atoms with van der Waals surface area (Å²) in [7, 11) is 4.31. The van der Waals surface area contributed by atoms with Crippen LogP contribution in [0.25, 0.3) is 0 Å². The van der Waals surface area contributed by atoms with Gasteiger partial charge in [0.1, 0.15) is 0 Å². The summed E-state index contributed by atoms with van der Waals surface area (Å²) in [6.07, 6.45) is 2.50. The molecule has 1 rings (SSSR count). The van der Waals surface area contributed by atoms with Gasteiger partial charge in [-0.2, -0.15) is 0 Å². The third kappa shape index (κ3) is 7.93. The van der Waals surface area contributed by atoms with E-state index in [0.29, 0.717) is 6.04 Å². The second-order valence-electron chi connectivity index (χ2n) is 5.88. The Morgan fingerprint density at radius 2 is 1.75 bits per heavy atom. The normalized spacial score (nSPS) is 13.1. The maximum Gasteiger partial charge on any atom is 0.0170 e. The zero-order valence-corrected chi connectivity index (χ0v) is 14.2. The molecule has 0 heterocycles. The van der Waals surface area contributed by atoms with Crippen LogP contribution in [0.1, 0.15) is 26.7 Å². The topological polar surface area (TPSA) is 15.3 Å². The highest BCUT2D eigenvalue weighted by atomic mass is 32.2. The first-order valence-electron chi connectivity index (χ1n) is 7.65. The van der Waals surface area contributed by atoms with Gasteiger partial charge >= 0.3 is 0 Å². The quantitative estimate of drug-likeness (QED) is 0.662. The number of benzene rings is 1. The van der Waals surface area contributed by atoms with Gasteiger partial charge in [0.15, 0.2) is 0 Å². The monoisotopic (exact) mass is 294 g/mol. The first-order chi connectivity index (χ1) is 9.61. The summed E-state index contributed by atoms with van der Waals surface area (Å²) in [6, 6.07) is 11.2. The summed E-state index contributed by atoms with van der Waals surface area (Å²) in [5, 5.41) is 3.45. The van der Waals surface area contributed by atoms with Crippen molar-refractivity contribution >= 4 is 11.8 Å². The van der Waals surface area contributed by atoms with Gasteiger partial charge in [-0.05, 0) is 58.1 Å². The van der Waals surface area contributed by atoms with Crippen molar-refractivity contribution in [3.8, 4) is 0 Å². The van der Waals surface area contributed by atoms with Crippen molar-refractivity contribution in [3.63, 3.8) is 0 Å². The van der Waals surface area contributed by atoms with Crippen LogP contribution >= 0.6 is 11.8 Å². The van der Waals surface area contributed by atoms with Crippen molar-refractivity contribution in [2.75, 3.05) is 32.9 Å². The lowest BCUT2D eigenvalue weighted by atomic mass is 10.1. The molecule has 20 heavy (non-hydrogen) atoms. The first-order valence-corrected chi connectivity index (χ1v) is 8.64. The van der Waals surface area contributed by atoms with Gasteiger partial charge in [-0.25, -0.2) is 0 Å². The molecular formula is C17H30N2S. The summed E-state index contributed by atoms with van der Waals surface area (Å²) in [5.41, 5.74) is 0. The van der Waals surface area contributed by atoms with Crippen molar-refractivity contribution in [1.29, 1.82) is 0 Å². The Hall–Kier alpha value is -0.510. The predicted octanol–water partition coefficient (Wildman–Crippen LogP) is 3.73. The van der Waals surface area contributed by atoms with E-state index in [2.05, 4.69) is 68.5 Å². The highest BCUT2D eigenvalue weighted by Crippen LogP contribution is 2.18. The molecule has 1 unspecified atom stereocenters. The fourth-order valence-electron chi connectivity index (χ4n) is 1.99. The van der Waals surface area contributed by atoms with E-state index in [1.165, 1.54) is 30.8 Å². The van der Waals surface area contributed by atoms with Crippen LogP contribution in [0, 0.1) is 5.92 Å². The third-order valence-corrected chi connectivity index (χ3v) is 4.72.